The van der Waals surface area contributed by atoms with Crippen LogP contribution in [0.15, 0.2) is 12.1 Å². The zero-order valence-electron chi connectivity index (χ0n) is 9.41. The molecular formula is C10H10FIN2O2S2. The Labute approximate surface area is 122 Å². The molecule has 0 saturated carbocycles. The molecule has 8 heteroatoms. The molecule has 0 bridgehead atoms. The topological polar surface area (TPSA) is 54.9 Å². The van der Waals surface area contributed by atoms with Crippen molar-refractivity contribution in [2.75, 3.05) is 12.0 Å². The van der Waals surface area contributed by atoms with Gasteiger partial charge in [0.05, 0.1) is 20.4 Å². The molecule has 1 aromatic heterocycles. The molecule has 0 fully saturated rings. The number of benzene rings is 1. The third-order valence-electron chi connectivity index (χ3n) is 2.50. The molecule has 2 aromatic rings. The molecule has 2 rings (SSSR count). The van der Waals surface area contributed by atoms with Crippen molar-refractivity contribution in [2.24, 2.45) is 0 Å². The highest BCUT2D eigenvalue weighted by atomic mass is 127. The van der Waals surface area contributed by atoms with Crippen molar-refractivity contribution in [1.29, 1.82) is 0 Å². The van der Waals surface area contributed by atoms with Gasteiger partial charge in [-0.15, -0.1) is 0 Å². The maximum Gasteiger partial charge on any atom is 0.178 e. The third kappa shape index (κ3) is 2.91. The summed E-state index contributed by atoms with van der Waals surface area (Å²) in [6.45, 7) is 0.220. The maximum atomic E-state index is 13.5. The van der Waals surface area contributed by atoms with Gasteiger partial charge in [0.2, 0.25) is 0 Å². The number of hydrogen-bond donors (Lipinski definition) is 1. The van der Waals surface area contributed by atoms with Crippen LogP contribution in [-0.2, 0) is 16.4 Å². The summed E-state index contributed by atoms with van der Waals surface area (Å²) in [6.07, 6.45) is 1.16. The van der Waals surface area contributed by atoms with Crippen LogP contribution < -0.4 is 0 Å². The fourth-order valence-electron chi connectivity index (χ4n) is 1.63. The first-order chi connectivity index (χ1) is 8.28. The van der Waals surface area contributed by atoms with Gasteiger partial charge in [0.25, 0.3) is 0 Å². The average Bonchev–Trinajstić information content (AvgIpc) is 2.51. The van der Waals surface area contributed by atoms with Gasteiger partial charge >= 0.3 is 0 Å². The second-order valence-corrected chi connectivity index (χ2v) is 7.80. The summed E-state index contributed by atoms with van der Waals surface area (Å²) in [5, 5.41) is 0. The molecule has 98 valence electrons. The molecule has 0 unspecified atom stereocenters. The predicted molar refractivity (Wildman–Crippen MR) is 79.5 cm³/mol. The normalized spacial score (nSPS) is 12.2. The summed E-state index contributed by atoms with van der Waals surface area (Å²) in [5.74, 6) is -0.368. The van der Waals surface area contributed by atoms with Crippen molar-refractivity contribution < 1.29 is 12.8 Å². The zero-order valence-corrected chi connectivity index (χ0v) is 13.2. The van der Waals surface area contributed by atoms with E-state index in [4.69, 9.17) is 12.2 Å². The first-order valence-corrected chi connectivity index (χ1v) is 8.58. The molecular weight excluding hydrogens is 390 g/mol. The number of aromatic nitrogens is 2. The number of halogens is 2. The molecule has 0 aliphatic carbocycles. The largest absolute Gasteiger partial charge is 0.331 e. The highest BCUT2D eigenvalue weighted by Gasteiger charge is 2.10. The van der Waals surface area contributed by atoms with E-state index in [9.17, 15) is 12.8 Å². The second-order valence-electron chi connectivity index (χ2n) is 4.00. The van der Waals surface area contributed by atoms with E-state index < -0.39 is 9.84 Å². The highest BCUT2D eigenvalue weighted by Crippen LogP contribution is 2.20. The number of sulfone groups is 1. The number of rotatable bonds is 3. The van der Waals surface area contributed by atoms with Crippen LogP contribution in [-0.4, -0.2) is 30.0 Å². The van der Waals surface area contributed by atoms with Gasteiger partial charge in [0.1, 0.15) is 15.7 Å². The fourth-order valence-corrected chi connectivity index (χ4v) is 2.91. The molecule has 18 heavy (non-hydrogen) atoms. The lowest BCUT2D eigenvalue weighted by Gasteiger charge is -2.03. The maximum absolute atomic E-state index is 13.5. The summed E-state index contributed by atoms with van der Waals surface area (Å²) < 4.78 is 38.3. The summed E-state index contributed by atoms with van der Waals surface area (Å²) >= 11 is 7.01. The lowest BCUT2D eigenvalue weighted by molar-refractivity contribution is 0.595. The molecule has 0 radical (unpaired) electrons. The summed E-state index contributed by atoms with van der Waals surface area (Å²) in [7, 11) is -3.08. The molecule has 1 aromatic carbocycles. The van der Waals surface area contributed by atoms with Crippen molar-refractivity contribution in [3.63, 3.8) is 0 Å². The van der Waals surface area contributed by atoms with Crippen LogP contribution in [0, 0.1) is 14.2 Å². The van der Waals surface area contributed by atoms with Crippen molar-refractivity contribution in [2.45, 2.75) is 6.54 Å². The Bertz CT molecular complexity index is 764. The number of aryl methyl sites for hydroxylation is 1. The van der Waals surface area contributed by atoms with E-state index in [0.717, 1.165) is 6.26 Å². The van der Waals surface area contributed by atoms with E-state index in [1.165, 1.54) is 6.07 Å². The molecule has 0 atom stereocenters. The van der Waals surface area contributed by atoms with Crippen LogP contribution in [0.5, 0.6) is 0 Å². The smallest absolute Gasteiger partial charge is 0.178 e. The fraction of sp³-hybridized carbons (Fsp3) is 0.300. The Morgan fingerprint density at radius 2 is 2.17 bits per heavy atom. The van der Waals surface area contributed by atoms with Crippen LogP contribution >= 0.6 is 34.8 Å². The number of aromatic amines is 1. The molecule has 1 N–H and O–H groups in total. The number of fused-ring (bicyclic) bond motifs is 1. The van der Waals surface area contributed by atoms with Crippen molar-refractivity contribution in [3.05, 3.63) is 26.3 Å². The SMILES string of the molecule is CS(=O)(=O)CCn1c(=S)[nH]c2cc(I)c(F)cc21. The molecule has 1 heterocycles. The summed E-state index contributed by atoms with van der Waals surface area (Å²) in [5.41, 5.74) is 1.29. The monoisotopic (exact) mass is 400 g/mol. The van der Waals surface area contributed by atoms with Gasteiger partial charge in [-0.2, -0.15) is 0 Å². The zero-order chi connectivity index (χ0) is 13.5. The van der Waals surface area contributed by atoms with Gasteiger partial charge in [-0.25, -0.2) is 12.8 Å². The van der Waals surface area contributed by atoms with Gasteiger partial charge in [0, 0.05) is 18.9 Å². The molecule has 0 aliphatic heterocycles. The summed E-state index contributed by atoms with van der Waals surface area (Å²) in [4.78, 5) is 2.94. The minimum Gasteiger partial charge on any atom is -0.331 e. The lowest BCUT2D eigenvalue weighted by Crippen LogP contribution is -2.11. The molecule has 0 spiro atoms. The van der Waals surface area contributed by atoms with Crippen molar-refractivity contribution in [1.82, 2.24) is 9.55 Å². The van der Waals surface area contributed by atoms with Crippen LogP contribution in [0.4, 0.5) is 4.39 Å². The molecule has 0 aliphatic rings. The van der Waals surface area contributed by atoms with Crippen molar-refractivity contribution in [3.8, 4) is 0 Å². The van der Waals surface area contributed by atoms with Gasteiger partial charge in [-0.1, -0.05) is 0 Å². The van der Waals surface area contributed by atoms with Crippen molar-refractivity contribution >= 4 is 55.7 Å². The third-order valence-corrected chi connectivity index (χ3v) is 4.58. The van der Waals surface area contributed by atoms with Gasteiger partial charge in [-0.3, -0.25) is 0 Å². The number of H-pyrrole nitrogens is 1. The first kappa shape index (κ1) is 13.9. The van der Waals surface area contributed by atoms with E-state index in [2.05, 4.69) is 4.98 Å². The van der Waals surface area contributed by atoms with E-state index in [0.29, 0.717) is 19.4 Å². The van der Waals surface area contributed by atoms with E-state index >= 15 is 0 Å². The van der Waals surface area contributed by atoms with Gasteiger partial charge in [-0.05, 0) is 40.9 Å². The van der Waals surface area contributed by atoms with E-state index in [-0.39, 0.29) is 18.1 Å². The number of nitrogens with one attached hydrogen (secondary N) is 1. The molecule has 4 nitrogen and oxygen atoms in total. The Hall–Kier alpha value is -0.480. The summed E-state index contributed by atoms with van der Waals surface area (Å²) in [6, 6.07) is 3.02. The minimum atomic E-state index is -3.08. The average molecular weight is 400 g/mol. The highest BCUT2D eigenvalue weighted by molar-refractivity contribution is 14.1. The first-order valence-electron chi connectivity index (χ1n) is 5.03. The Morgan fingerprint density at radius 1 is 1.50 bits per heavy atom. The number of imidazole rings is 1. The number of hydrogen-bond acceptors (Lipinski definition) is 3. The molecule has 0 saturated heterocycles. The second kappa shape index (κ2) is 4.89. The minimum absolute atomic E-state index is 0.0259. The van der Waals surface area contributed by atoms with Crippen LogP contribution in [0.3, 0.4) is 0 Å². The van der Waals surface area contributed by atoms with Gasteiger partial charge in [0.15, 0.2) is 4.77 Å². The molecule has 0 amide bonds. The Morgan fingerprint density at radius 3 is 2.78 bits per heavy atom. The van der Waals surface area contributed by atoms with Crippen LogP contribution in [0.25, 0.3) is 11.0 Å². The van der Waals surface area contributed by atoms with E-state index in [1.807, 2.05) is 22.6 Å². The number of nitrogens with zero attached hydrogens (tertiary/aromatic N) is 1. The predicted octanol–water partition coefficient (Wildman–Crippen LogP) is 2.49. The quantitative estimate of drug-likeness (QED) is 0.637. The van der Waals surface area contributed by atoms with Crippen LogP contribution in [0.2, 0.25) is 0 Å². The Kier molecular flexibility index (Phi) is 3.79. The Balaban J connectivity index is 2.54. The van der Waals surface area contributed by atoms with Crippen LogP contribution in [0.1, 0.15) is 0 Å². The van der Waals surface area contributed by atoms with E-state index in [1.54, 1.807) is 10.6 Å². The van der Waals surface area contributed by atoms with Gasteiger partial charge < -0.3 is 9.55 Å². The lowest BCUT2D eigenvalue weighted by atomic mass is 10.3. The standard InChI is InChI=1S/C10H10FIN2O2S2/c1-18(15,16)3-2-14-9-4-6(11)7(12)5-8(9)13-10(14)17/h4-5H,2-3H2,1H3,(H,13,17).